The minimum atomic E-state index is -4.79. The predicted octanol–water partition coefficient (Wildman–Crippen LogP) is 4.24. The van der Waals surface area contributed by atoms with Crippen molar-refractivity contribution in [2.45, 2.75) is 31.2 Å². The van der Waals surface area contributed by atoms with Crippen molar-refractivity contribution in [1.29, 1.82) is 0 Å². The molecule has 2 aromatic rings. The molecule has 1 N–H and O–H groups in total. The molecule has 8 nitrogen and oxygen atoms in total. The van der Waals surface area contributed by atoms with Crippen molar-refractivity contribution in [3.8, 4) is 0 Å². The molecule has 2 atom stereocenters. The maximum atomic E-state index is 14.4. The summed E-state index contributed by atoms with van der Waals surface area (Å²) in [5.74, 6) is -1.81. The number of amides is 1. The van der Waals surface area contributed by atoms with Crippen molar-refractivity contribution in [3.05, 3.63) is 68.2 Å². The summed E-state index contributed by atoms with van der Waals surface area (Å²) in [6, 6.07) is 3.57. The molecule has 0 unspecified atom stereocenters. The summed E-state index contributed by atoms with van der Waals surface area (Å²) in [5.41, 5.74) is -2.65. The second kappa shape index (κ2) is 8.21. The fourth-order valence-electron chi connectivity index (χ4n) is 2.92. The van der Waals surface area contributed by atoms with Gasteiger partial charge in [0.15, 0.2) is 11.6 Å². The molecule has 1 aliphatic heterocycles. The summed E-state index contributed by atoms with van der Waals surface area (Å²) in [6.45, 7) is 1.20. The van der Waals surface area contributed by atoms with Gasteiger partial charge >= 0.3 is 6.18 Å². The summed E-state index contributed by atoms with van der Waals surface area (Å²) in [6.07, 6.45) is -5.56. The van der Waals surface area contributed by atoms with Gasteiger partial charge in [0, 0.05) is 24.1 Å². The van der Waals surface area contributed by atoms with Crippen LogP contribution in [-0.4, -0.2) is 34.1 Å². The molecule has 0 saturated carbocycles. The van der Waals surface area contributed by atoms with Crippen LogP contribution in [0.15, 0.2) is 46.0 Å². The molecule has 0 aliphatic carbocycles. The van der Waals surface area contributed by atoms with Crippen molar-refractivity contribution < 1.29 is 32.0 Å². The zero-order valence-corrected chi connectivity index (χ0v) is 17.2. The minimum Gasteiger partial charge on any atom is -0.452 e. The smallest absolute Gasteiger partial charge is 0.411 e. The van der Waals surface area contributed by atoms with Crippen molar-refractivity contribution >= 4 is 33.5 Å². The molecule has 13 heteroatoms. The summed E-state index contributed by atoms with van der Waals surface area (Å²) in [7, 11) is 0. The number of pyridine rings is 1. The molecule has 164 valence electrons. The fourth-order valence-corrected chi connectivity index (χ4v) is 3.23. The van der Waals surface area contributed by atoms with E-state index in [9.17, 15) is 32.5 Å². The van der Waals surface area contributed by atoms with Crippen LogP contribution in [0.1, 0.15) is 29.4 Å². The monoisotopic (exact) mass is 504 g/mol. The Morgan fingerprint density at radius 2 is 1.94 bits per heavy atom. The van der Waals surface area contributed by atoms with Gasteiger partial charge in [-0.3, -0.25) is 20.2 Å². The number of benzene rings is 1. The maximum absolute atomic E-state index is 14.4. The average molecular weight is 505 g/mol. The highest BCUT2D eigenvalue weighted by molar-refractivity contribution is 9.10. The summed E-state index contributed by atoms with van der Waals surface area (Å²) < 4.78 is 60.4. The number of nitrogens with one attached hydrogen (secondary N) is 1. The highest BCUT2D eigenvalue weighted by Gasteiger charge is 2.50. The number of ether oxygens (including phenoxy) is 1. The van der Waals surface area contributed by atoms with Crippen LogP contribution in [0, 0.1) is 15.9 Å². The number of hydrogen-bond donors (Lipinski definition) is 1. The normalized spacial score (nSPS) is 21.1. The van der Waals surface area contributed by atoms with E-state index in [1.807, 2.05) is 0 Å². The molecule has 0 radical (unpaired) electrons. The lowest BCUT2D eigenvalue weighted by Gasteiger charge is -2.37. The fraction of sp³-hybridized carbons (Fsp3) is 0.278. The number of carbonyl (C=O) groups is 1. The lowest BCUT2D eigenvalue weighted by molar-refractivity contribution is -0.384. The number of halogens is 5. The molecule has 31 heavy (non-hydrogen) atoms. The summed E-state index contributed by atoms with van der Waals surface area (Å²) >= 11 is 3.04. The number of nitro groups is 1. The van der Waals surface area contributed by atoms with Crippen molar-refractivity contribution in [2.75, 3.05) is 0 Å². The van der Waals surface area contributed by atoms with Crippen molar-refractivity contribution in [3.63, 3.8) is 0 Å². The Labute approximate surface area is 180 Å². The van der Waals surface area contributed by atoms with Crippen LogP contribution in [0.25, 0.3) is 0 Å². The first-order chi connectivity index (χ1) is 14.4. The van der Waals surface area contributed by atoms with E-state index >= 15 is 0 Å². The molecule has 3 rings (SSSR count). The van der Waals surface area contributed by atoms with Gasteiger partial charge < -0.3 is 4.74 Å². The number of aromatic nitrogens is 1. The molecule has 2 heterocycles. The number of carbonyl (C=O) groups excluding carboxylic acids is 1. The van der Waals surface area contributed by atoms with Crippen LogP contribution in [-0.2, 0) is 10.3 Å². The maximum Gasteiger partial charge on any atom is 0.411 e. The molecule has 0 saturated heterocycles. The third kappa shape index (κ3) is 4.98. The molecular formula is C18H13BrF4N4O4. The van der Waals surface area contributed by atoms with Gasteiger partial charge in [0.2, 0.25) is 0 Å². The molecule has 1 aromatic heterocycles. The molecule has 1 amide bonds. The third-order valence-electron chi connectivity index (χ3n) is 4.43. The molecule has 0 spiro atoms. The number of hydrogen-bond acceptors (Lipinski definition) is 6. The van der Waals surface area contributed by atoms with Crippen LogP contribution in [0.4, 0.5) is 23.2 Å². The topological polar surface area (TPSA) is 107 Å². The average Bonchev–Trinajstić information content (AvgIpc) is 2.68. The zero-order valence-electron chi connectivity index (χ0n) is 15.6. The van der Waals surface area contributed by atoms with Gasteiger partial charge in [-0.2, -0.15) is 13.2 Å². The van der Waals surface area contributed by atoms with E-state index in [1.54, 1.807) is 0 Å². The largest absolute Gasteiger partial charge is 0.452 e. The number of rotatable bonds is 3. The quantitative estimate of drug-likeness (QED) is 0.291. The number of alkyl halides is 3. The van der Waals surface area contributed by atoms with E-state index in [0.29, 0.717) is 0 Å². The van der Waals surface area contributed by atoms with Crippen molar-refractivity contribution in [2.24, 2.45) is 4.99 Å². The van der Waals surface area contributed by atoms with Crippen LogP contribution in [0.5, 0.6) is 0 Å². The van der Waals surface area contributed by atoms with E-state index in [0.717, 1.165) is 30.3 Å². The first kappa shape index (κ1) is 22.6. The highest BCUT2D eigenvalue weighted by atomic mass is 79.9. The molecule has 1 aromatic carbocycles. The standard InChI is InChI=1S/C18H13BrF4N4O4/c1-17(14-11(20)6-7-13(19)25-14)8-12(18(21,22)23)24-16(31-17)26-15(28)9-2-4-10(5-3-9)27(29)30/h2-7,12H,8H2,1H3,(H,24,26,28)/t12-,17-/m0/s1. The van der Waals surface area contributed by atoms with Gasteiger partial charge in [0.1, 0.15) is 16.1 Å². The molecule has 0 fully saturated rings. The van der Waals surface area contributed by atoms with E-state index in [4.69, 9.17) is 4.74 Å². The van der Waals surface area contributed by atoms with Crippen LogP contribution in [0.2, 0.25) is 0 Å². The van der Waals surface area contributed by atoms with E-state index in [1.165, 1.54) is 13.0 Å². The number of nitro benzene ring substituents is 1. The number of non-ortho nitro benzene ring substituents is 1. The van der Waals surface area contributed by atoms with E-state index < -0.39 is 52.6 Å². The Morgan fingerprint density at radius 3 is 2.52 bits per heavy atom. The second-order valence-corrected chi connectivity index (χ2v) is 7.56. The van der Waals surface area contributed by atoms with Crippen molar-refractivity contribution in [1.82, 2.24) is 10.3 Å². The van der Waals surface area contributed by atoms with Gasteiger partial charge in [0.05, 0.1) is 4.92 Å². The second-order valence-electron chi connectivity index (χ2n) is 6.75. The number of nitrogens with zero attached hydrogens (tertiary/aromatic N) is 3. The Bertz CT molecular complexity index is 1060. The molecule has 1 aliphatic rings. The molecule has 0 bridgehead atoms. The Balaban J connectivity index is 1.92. The van der Waals surface area contributed by atoms with Gasteiger partial charge in [-0.1, -0.05) is 0 Å². The lowest BCUT2D eigenvalue weighted by Crippen LogP contribution is -2.49. The minimum absolute atomic E-state index is 0.0838. The molecular weight excluding hydrogens is 492 g/mol. The predicted molar refractivity (Wildman–Crippen MR) is 103 cm³/mol. The third-order valence-corrected chi connectivity index (χ3v) is 4.87. The van der Waals surface area contributed by atoms with Gasteiger partial charge in [-0.15, -0.1) is 0 Å². The highest BCUT2D eigenvalue weighted by Crippen LogP contribution is 2.40. The first-order valence-electron chi connectivity index (χ1n) is 8.61. The summed E-state index contributed by atoms with van der Waals surface area (Å²) in [5, 5.41) is 12.8. The van der Waals surface area contributed by atoms with E-state index in [2.05, 4.69) is 31.2 Å². The lowest BCUT2D eigenvalue weighted by atomic mass is 9.91. The van der Waals surface area contributed by atoms with Gasteiger partial charge in [-0.05, 0) is 47.1 Å². The Hall–Kier alpha value is -3.09. The zero-order chi connectivity index (χ0) is 23.0. The Kier molecular flexibility index (Phi) is 5.98. The number of aliphatic imine (C=N–C) groups is 1. The van der Waals surface area contributed by atoms with Gasteiger partial charge in [0.25, 0.3) is 17.6 Å². The van der Waals surface area contributed by atoms with Crippen LogP contribution >= 0.6 is 15.9 Å². The summed E-state index contributed by atoms with van der Waals surface area (Å²) in [4.78, 5) is 29.7. The number of amidine groups is 1. The SMILES string of the molecule is C[C@@]1(c2nc(Br)ccc2F)C[C@@H](C(F)(F)F)N=C(NC(=O)c2ccc([N+](=O)[O-])cc2)O1. The van der Waals surface area contributed by atoms with Crippen LogP contribution in [0.3, 0.4) is 0 Å². The first-order valence-corrected chi connectivity index (χ1v) is 9.40. The Morgan fingerprint density at radius 1 is 1.29 bits per heavy atom. The van der Waals surface area contributed by atoms with Crippen LogP contribution < -0.4 is 5.32 Å². The van der Waals surface area contributed by atoms with E-state index in [-0.39, 0.29) is 15.9 Å². The van der Waals surface area contributed by atoms with Gasteiger partial charge in [-0.25, -0.2) is 14.4 Å².